The molecular formula is C15H15F3N4O2. The molecule has 2 aromatic rings. The molecule has 1 saturated heterocycles. The second-order valence-corrected chi connectivity index (χ2v) is 5.42. The molecule has 0 unspecified atom stereocenters. The van der Waals surface area contributed by atoms with E-state index in [1.54, 1.807) is 13.0 Å². The van der Waals surface area contributed by atoms with Crippen molar-refractivity contribution >= 4 is 17.5 Å². The Balaban J connectivity index is 1.60. The van der Waals surface area contributed by atoms with Gasteiger partial charge in [-0.15, -0.1) is 0 Å². The summed E-state index contributed by atoms with van der Waals surface area (Å²) in [6, 6.07) is 2.97. The Morgan fingerprint density at radius 1 is 1.17 bits per heavy atom. The Morgan fingerprint density at radius 3 is 2.50 bits per heavy atom. The van der Waals surface area contributed by atoms with E-state index in [0.29, 0.717) is 37.8 Å². The van der Waals surface area contributed by atoms with Crippen LogP contribution in [0.4, 0.5) is 29.5 Å². The molecule has 1 aromatic heterocycles. The molecule has 0 atom stereocenters. The zero-order valence-electron chi connectivity index (χ0n) is 12.9. The first-order chi connectivity index (χ1) is 11.5. The van der Waals surface area contributed by atoms with Gasteiger partial charge in [-0.1, -0.05) is 5.16 Å². The maximum Gasteiger partial charge on any atom is 0.322 e. The molecule has 128 valence electrons. The van der Waals surface area contributed by atoms with Crippen LogP contribution in [0.15, 0.2) is 22.7 Å². The third kappa shape index (κ3) is 3.15. The van der Waals surface area contributed by atoms with Gasteiger partial charge >= 0.3 is 6.03 Å². The van der Waals surface area contributed by atoms with Crippen molar-refractivity contribution in [2.45, 2.75) is 6.92 Å². The van der Waals surface area contributed by atoms with Crippen LogP contribution in [0.1, 0.15) is 5.76 Å². The van der Waals surface area contributed by atoms with Crippen LogP contribution >= 0.6 is 0 Å². The fourth-order valence-electron chi connectivity index (χ4n) is 2.46. The van der Waals surface area contributed by atoms with E-state index in [-0.39, 0.29) is 0 Å². The van der Waals surface area contributed by atoms with Gasteiger partial charge in [0.05, 0.1) is 5.69 Å². The van der Waals surface area contributed by atoms with Gasteiger partial charge in [0.25, 0.3) is 0 Å². The van der Waals surface area contributed by atoms with Crippen LogP contribution in [-0.2, 0) is 0 Å². The lowest BCUT2D eigenvalue weighted by Crippen LogP contribution is -2.50. The molecule has 0 bridgehead atoms. The molecule has 6 nitrogen and oxygen atoms in total. The molecule has 0 radical (unpaired) electrons. The number of urea groups is 1. The highest BCUT2D eigenvalue weighted by Gasteiger charge is 2.24. The van der Waals surface area contributed by atoms with E-state index < -0.39 is 29.2 Å². The minimum atomic E-state index is -1.61. The molecule has 0 aliphatic carbocycles. The van der Waals surface area contributed by atoms with Crippen LogP contribution in [0.25, 0.3) is 0 Å². The number of hydrogen-bond acceptors (Lipinski definition) is 4. The summed E-state index contributed by atoms with van der Waals surface area (Å²) in [6.45, 7) is 3.60. The smallest absolute Gasteiger partial charge is 0.322 e. The Hall–Kier alpha value is -2.71. The molecule has 0 spiro atoms. The molecule has 1 aromatic carbocycles. The van der Waals surface area contributed by atoms with E-state index in [2.05, 4.69) is 10.5 Å². The second-order valence-electron chi connectivity index (χ2n) is 5.42. The predicted octanol–water partition coefficient (Wildman–Crippen LogP) is 2.75. The summed E-state index contributed by atoms with van der Waals surface area (Å²) in [4.78, 5) is 15.6. The summed E-state index contributed by atoms with van der Waals surface area (Å²) < 4.78 is 44.7. The van der Waals surface area contributed by atoms with Crippen molar-refractivity contribution in [2.75, 3.05) is 36.4 Å². The van der Waals surface area contributed by atoms with E-state index in [0.717, 1.165) is 12.1 Å². The first-order valence-electron chi connectivity index (χ1n) is 7.33. The molecule has 2 amide bonds. The number of nitrogens with one attached hydrogen (secondary N) is 1. The van der Waals surface area contributed by atoms with E-state index in [4.69, 9.17) is 4.52 Å². The zero-order chi connectivity index (χ0) is 17.3. The largest absolute Gasteiger partial charge is 0.360 e. The average Bonchev–Trinajstić information content (AvgIpc) is 3.02. The monoisotopic (exact) mass is 340 g/mol. The Bertz CT molecular complexity index is 757. The molecular weight excluding hydrogens is 325 g/mol. The van der Waals surface area contributed by atoms with Crippen molar-refractivity contribution in [3.8, 4) is 0 Å². The van der Waals surface area contributed by atoms with Crippen molar-refractivity contribution in [3.63, 3.8) is 0 Å². The molecule has 3 rings (SSSR count). The topological polar surface area (TPSA) is 61.6 Å². The van der Waals surface area contributed by atoms with Crippen LogP contribution in [0, 0.1) is 24.4 Å². The minimum Gasteiger partial charge on any atom is -0.360 e. The molecule has 24 heavy (non-hydrogen) atoms. The van der Waals surface area contributed by atoms with Crippen molar-refractivity contribution in [1.29, 1.82) is 0 Å². The number of piperazine rings is 1. The van der Waals surface area contributed by atoms with Crippen molar-refractivity contribution < 1.29 is 22.5 Å². The lowest BCUT2D eigenvalue weighted by atomic mass is 10.2. The molecule has 1 aliphatic rings. The number of rotatable bonds is 2. The van der Waals surface area contributed by atoms with Gasteiger partial charge in [-0.3, -0.25) is 0 Å². The number of carbonyl (C=O) groups is 1. The number of carbonyl (C=O) groups excluding carboxylic acids is 1. The lowest BCUT2D eigenvalue weighted by molar-refractivity contribution is 0.207. The molecule has 1 aliphatic heterocycles. The predicted molar refractivity (Wildman–Crippen MR) is 80.4 cm³/mol. The normalized spacial score (nSPS) is 14.8. The maximum absolute atomic E-state index is 13.6. The number of aromatic nitrogens is 1. The summed E-state index contributed by atoms with van der Waals surface area (Å²) >= 11 is 0. The molecule has 1 N–H and O–H groups in total. The van der Waals surface area contributed by atoms with Gasteiger partial charge in [0, 0.05) is 32.2 Å². The highest BCUT2D eigenvalue weighted by molar-refractivity contribution is 5.89. The molecule has 0 saturated carbocycles. The van der Waals surface area contributed by atoms with E-state index in [1.165, 1.54) is 4.90 Å². The fourth-order valence-corrected chi connectivity index (χ4v) is 2.46. The van der Waals surface area contributed by atoms with Gasteiger partial charge in [0.15, 0.2) is 23.3 Å². The Labute approximate surface area is 135 Å². The third-order valence-corrected chi connectivity index (χ3v) is 3.78. The van der Waals surface area contributed by atoms with Crippen LogP contribution in [-0.4, -0.2) is 42.3 Å². The molecule has 9 heteroatoms. The van der Waals surface area contributed by atoms with E-state index >= 15 is 0 Å². The van der Waals surface area contributed by atoms with Gasteiger partial charge in [-0.05, 0) is 19.1 Å². The second kappa shape index (κ2) is 6.42. The number of aryl methyl sites for hydroxylation is 1. The van der Waals surface area contributed by atoms with Gasteiger partial charge in [0.2, 0.25) is 0 Å². The number of nitrogens with zero attached hydrogens (tertiary/aromatic N) is 3. The first kappa shape index (κ1) is 16.2. The third-order valence-electron chi connectivity index (χ3n) is 3.78. The fraction of sp³-hybridized carbons (Fsp3) is 0.333. The van der Waals surface area contributed by atoms with Crippen LogP contribution in [0.3, 0.4) is 0 Å². The molecule has 1 fully saturated rings. The van der Waals surface area contributed by atoms with E-state index in [1.807, 2.05) is 4.90 Å². The molecule has 2 heterocycles. The highest BCUT2D eigenvalue weighted by atomic mass is 19.2. The quantitative estimate of drug-likeness (QED) is 0.854. The number of hydrogen-bond donors (Lipinski definition) is 1. The summed E-state index contributed by atoms with van der Waals surface area (Å²) in [5.74, 6) is -2.95. The first-order valence-corrected chi connectivity index (χ1v) is 7.33. The zero-order valence-corrected chi connectivity index (χ0v) is 12.9. The number of amides is 2. The van der Waals surface area contributed by atoms with Gasteiger partial charge in [-0.25, -0.2) is 18.0 Å². The Morgan fingerprint density at radius 2 is 1.88 bits per heavy atom. The van der Waals surface area contributed by atoms with Crippen LogP contribution in [0.2, 0.25) is 0 Å². The number of halogens is 3. The maximum atomic E-state index is 13.6. The van der Waals surface area contributed by atoms with Crippen molar-refractivity contribution in [2.24, 2.45) is 0 Å². The summed E-state index contributed by atoms with van der Waals surface area (Å²) in [5.41, 5.74) is -0.395. The standard InChI is InChI=1S/C15H15F3N4O2/c1-9-8-12(20-24-9)21-4-6-22(7-5-21)15(23)19-11-3-2-10(16)13(17)14(11)18/h2-3,8H,4-7H2,1H3,(H,19,23). The Kier molecular flexibility index (Phi) is 4.32. The van der Waals surface area contributed by atoms with Gasteiger partial charge in [0.1, 0.15) is 5.76 Å². The SMILES string of the molecule is Cc1cc(N2CCN(C(=O)Nc3ccc(F)c(F)c3F)CC2)no1. The minimum absolute atomic E-state index is 0.378. The highest BCUT2D eigenvalue weighted by Crippen LogP contribution is 2.21. The van der Waals surface area contributed by atoms with Gasteiger partial charge < -0.3 is 19.6 Å². The van der Waals surface area contributed by atoms with Crippen LogP contribution in [0.5, 0.6) is 0 Å². The average molecular weight is 340 g/mol. The van der Waals surface area contributed by atoms with E-state index in [9.17, 15) is 18.0 Å². The summed E-state index contributed by atoms with van der Waals surface area (Å²) in [5, 5.41) is 6.17. The lowest BCUT2D eigenvalue weighted by Gasteiger charge is -2.34. The van der Waals surface area contributed by atoms with Crippen LogP contribution < -0.4 is 10.2 Å². The number of anilines is 2. The number of benzene rings is 1. The van der Waals surface area contributed by atoms with Gasteiger partial charge in [-0.2, -0.15) is 0 Å². The summed E-state index contributed by atoms with van der Waals surface area (Å²) in [6.07, 6.45) is 0. The summed E-state index contributed by atoms with van der Waals surface area (Å²) in [7, 11) is 0. The van der Waals surface area contributed by atoms with Crippen molar-refractivity contribution in [3.05, 3.63) is 41.4 Å². The van der Waals surface area contributed by atoms with Crippen molar-refractivity contribution in [1.82, 2.24) is 10.1 Å².